The predicted molar refractivity (Wildman–Crippen MR) is 111 cm³/mol. The summed E-state index contributed by atoms with van der Waals surface area (Å²) in [4.78, 5) is 19.6. The fraction of sp³-hybridized carbons (Fsp3) is 0. The van der Waals surface area contributed by atoms with E-state index in [2.05, 4.69) is 38.8 Å². The molecule has 0 amide bonds. The zero-order valence-electron chi connectivity index (χ0n) is 15.4. The van der Waals surface area contributed by atoms with Crippen LogP contribution in [0.4, 0.5) is 23.1 Å². The highest BCUT2D eigenvalue weighted by Gasteiger charge is 2.06. The topological polar surface area (TPSA) is 90.0 Å². The molecular formula is C23H17N4O2-. The lowest BCUT2D eigenvalue weighted by atomic mass is 10.0. The Morgan fingerprint density at radius 2 is 1.52 bits per heavy atom. The number of aromatic carboxylic acids is 1. The van der Waals surface area contributed by atoms with Gasteiger partial charge in [0.1, 0.15) is 5.82 Å². The molecule has 0 bridgehead atoms. The first-order valence-electron chi connectivity index (χ1n) is 9.02. The quantitative estimate of drug-likeness (QED) is 0.525. The third kappa shape index (κ3) is 4.39. The smallest absolute Gasteiger partial charge is 0.229 e. The lowest BCUT2D eigenvalue weighted by Crippen LogP contribution is -2.21. The van der Waals surface area contributed by atoms with Crippen LogP contribution in [-0.2, 0) is 0 Å². The van der Waals surface area contributed by atoms with Gasteiger partial charge in [-0.05, 0) is 35.4 Å². The van der Waals surface area contributed by atoms with E-state index in [1.165, 1.54) is 12.1 Å². The van der Waals surface area contributed by atoms with Crippen LogP contribution >= 0.6 is 0 Å². The van der Waals surface area contributed by atoms with Crippen LogP contribution in [0, 0.1) is 0 Å². The molecule has 0 spiro atoms. The lowest BCUT2D eigenvalue weighted by Gasteiger charge is -2.13. The molecule has 3 aromatic carbocycles. The van der Waals surface area contributed by atoms with Gasteiger partial charge in [-0.25, -0.2) is 4.98 Å². The van der Waals surface area contributed by atoms with Crippen molar-refractivity contribution in [1.82, 2.24) is 9.97 Å². The van der Waals surface area contributed by atoms with Crippen LogP contribution in [0.5, 0.6) is 0 Å². The molecule has 0 aliphatic heterocycles. The van der Waals surface area contributed by atoms with Gasteiger partial charge in [0.2, 0.25) is 5.95 Å². The van der Waals surface area contributed by atoms with Crippen molar-refractivity contribution >= 4 is 29.1 Å². The molecule has 1 heterocycles. The minimum atomic E-state index is -1.21. The first kappa shape index (κ1) is 18.2. The highest BCUT2D eigenvalue weighted by atomic mass is 16.4. The largest absolute Gasteiger partial charge is 0.545 e. The molecule has 0 saturated carbocycles. The van der Waals surface area contributed by atoms with Crippen molar-refractivity contribution in [2.24, 2.45) is 0 Å². The number of anilines is 4. The summed E-state index contributed by atoms with van der Waals surface area (Å²) in [5.41, 5.74) is 3.90. The van der Waals surface area contributed by atoms with Crippen molar-refractivity contribution in [3.8, 4) is 11.1 Å². The summed E-state index contributed by atoms with van der Waals surface area (Å²) in [7, 11) is 0. The summed E-state index contributed by atoms with van der Waals surface area (Å²) < 4.78 is 0. The predicted octanol–water partition coefficient (Wildman–Crippen LogP) is 3.99. The summed E-state index contributed by atoms with van der Waals surface area (Å²) in [6, 6.07) is 26.1. The Morgan fingerprint density at radius 1 is 0.793 bits per heavy atom. The minimum Gasteiger partial charge on any atom is -0.545 e. The SMILES string of the molecule is O=C([O-])c1ccc(Nc2nccc(Nc3ccccc3-c3ccccc3)n2)cc1. The molecule has 4 aromatic rings. The van der Waals surface area contributed by atoms with E-state index in [4.69, 9.17) is 0 Å². The van der Waals surface area contributed by atoms with Gasteiger partial charge in [0.25, 0.3) is 0 Å². The summed E-state index contributed by atoms with van der Waals surface area (Å²) in [5.74, 6) is -0.179. The van der Waals surface area contributed by atoms with E-state index in [1.807, 2.05) is 36.4 Å². The Morgan fingerprint density at radius 3 is 2.28 bits per heavy atom. The Labute approximate surface area is 167 Å². The number of para-hydroxylation sites is 1. The first-order chi connectivity index (χ1) is 14.2. The Kier molecular flexibility index (Phi) is 5.16. The van der Waals surface area contributed by atoms with Crippen LogP contribution in [0.2, 0.25) is 0 Å². The van der Waals surface area contributed by atoms with E-state index in [-0.39, 0.29) is 5.56 Å². The molecule has 0 radical (unpaired) electrons. The number of carboxylic acid groups (broad SMARTS) is 1. The second-order valence-corrected chi connectivity index (χ2v) is 6.29. The number of hydrogen-bond donors (Lipinski definition) is 2. The monoisotopic (exact) mass is 381 g/mol. The zero-order chi connectivity index (χ0) is 20.1. The molecule has 2 N–H and O–H groups in total. The van der Waals surface area contributed by atoms with Gasteiger partial charge in [-0.2, -0.15) is 4.98 Å². The third-order valence-corrected chi connectivity index (χ3v) is 4.31. The number of nitrogens with one attached hydrogen (secondary N) is 2. The van der Waals surface area contributed by atoms with Crippen molar-refractivity contribution in [1.29, 1.82) is 0 Å². The fourth-order valence-electron chi connectivity index (χ4n) is 2.91. The standard InChI is InChI=1S/C23H18N4O2/c28-22(29)17-10-12-18(13-11-17)25-23-24-15-14-21(27-23)26-20-9-5-4-8-19(20)16-6-2-1-3-7-16/h1-15H,(H,28,29)(H2,24,25,26,27)/p-1. The van der Waals surface area contributed by atoms with Gasteiger partial charge in [-0.1, -0.05) is 60.7 Å². The van der Waals surface area contributed by atoms with Crippen LogP contribution in [-0.4, -0.2) is 15.9 Å². The van der Waals surface area contributed by atoms with E-state index in [0.717, 1.165) is 16.8 Å². The van der Waals surface area contributed by atoms with E-state index < -0.39 is 5.97 Å². The molecule has 0 aliphatic rings. The number of rotatable bonds is 6. The van der Waals surface area contributed by atoms with Crippen molar-refractivity contribution in [3.05, 3.63) is 96.7 Å². The average molecular weight is 381 g/mol. The molecule has 142 valence electrons. The molecule has 0 fully saturated rings. The van der Waals surface area contributed by atoms with Crippen LogP contribution in [0.15, 0.2) is 91.1 Å². The Balaban J connectivity index is 1.55. The van der Waals surface area contributed by atoms with E-state index in [0.29, 0.717) is 17.5 Å². The molecular weight excluding hydrogens is 364 g/mol. The molecule has 4 rings (SSSR count). The summed E-state index contributed by atoms with van der Waals surface area (Å²) in [5, 5.41) is 17.3. The van der Waals surface area contributed by atoms with Gasteiger partial charge < -0.3 is 20.5 Å². The maximum atomic E-state index is 10.9. The maximum absolute atomic E-state index is 10.9. The summed E-state index contributed by atoms with van der Waals surface area (Å²) in [6.07, 6.45) is 1.65. The van der Waals surface area contributed by atoms with Gasteiger partial charge in [-0.15, -0.1) is 0 Å². The van der Waals surface area contributed by atoms with Gasteiger partial charge in [0, 0.05) is 23.1 Å². The Bertz CT molecular complexity index is 1130. The molecule has 1 aromatic heterocycles. The van der Waals surface area contributed by atoms with Gasteiger partial charge >= 0.3 is 0 Å². The number of carboxylic acids is 1. The van der Waals surface area contributed by atoms with Gasteiger partial charge in [0.05, 0.1) is 5.97 Å². The number of nitrogens with zero attached hydrogens (tertiary/aromatic N) is 2. The minimum absolute atomic E-state index is 0.115. The summed E-state index contributed by atoms with van der Waals surface area (Å²) in [6.45, 7) is 0. The first-order valence-corrected chi connectivity index (χ1v) is 9.02. The number of aromatic nitrogens is 2. The second-order valence-electron chi connectivity index (χ2n) is 6.29. The molecule has 0 atom stereocenters. The number of hydrogen-bond acceptors (Lipinski definition) is 6. The average Bonchev–Trinajstić information content (AvgIpc) is 2.75. The molecule has 29 heavy (non-hydrogen) atoms. The highest BCUT2D eigenvalue weighted by Crippen LogP contribution is 2.29. The zero-order valence-corrected chi connectivity index (χ0v) is 15.4. The normalized spacial score (nSPS) is 10.3. The molecule has 0 aliphatic carbocycles. The number of carbonyl (C=O) groups excluding carboxylic acids is 1. The van der Waals surface area contributed by atoms with Crippen molar-refractivity contribution in [3.63, 3.8) is 0 Å². The third-order valence-electron chi connectivity index (χ3n) is 4.31. The van der Waals surface area contributed by atoms with Gasteiger partial charge in [0.15, 0.2) is 0 Å². The highest BCUT2D eigenvalue weighted by molar-refractivity contribution is 5.86. The van der Waals surface area contributed by atoms with Crippen molar-refractivity contribution in [2.45, 2.75) is 0 Å². The van der Waals surface area contributed by atoms with Crippen LogP contribution < -0.4 is 15.7 Å². The van der Waals surface area contributed by atoms with Gasteiger partial charge in [-0.3, -0.25) is 0 Å². The molecule has 6 heteroatoms. The van der Waals surface area contributed by atoms with Crippen LogP contribution in [0.3, 0.4) is 0 Å². The van der Waals surface area contributed by atoms with Crippen molar-refractivity contribution < 1.29 is 9.90 Å². The van der Waals surface area contributed by atoms with E-state index >= 15 is 0 Å². The molecule has 6 nitrogen and oxygen atoms in total. The van der Waals surface area contributed by atoms with E-state index in [1.54, 1.807) is 24.4 Å². The second kappa shape index (κ2) is 8.22. The Hall–Kier alpha value is -4.19. The summed E-state index contributed by atoms with van der Waals surface area (Å²) >= 11 is 0. The van der Waals surface area contributed by atoms with Crippen LogP contribution in [0.1, 0.15) is 10.4 Å². The van der Waals surface area contributed by atoms with E-state index in [9.17, 15) is 9.90 Å². The van der Waals surface area contributed by atoms with Crippen molar-refractivity contribution in [2.75, 3.05) is 10.6 Å². The fourth-order valence-corrected chi connectivity index (χ4v) is 2.91. The number of benzene rings is 3. The maximum Gasteiger partial charge on any atom is 0.229 e. The number of carbonyl (C=O) groups is 1. The van der Waals surface area contributed by atoms with Crippen LogP contribution in [0.25, 0.3) is 11.1 Å². The molecule has 0 unspecified atom stereocenters. The lowest BCUT2D eigenvalue weighted by molar-refractivity contribution is -0.255. The molecule has 0 saturated heterocycles.